The Morgan fingerprint density at radius 2 is 2.05 bits per heavy atom. The van der Waals surface area contributed by atoms with Crippen LogP contribution in [0.15, 0.2) is 16.8 Å². The first kappa shape index (κ1) is 16.4. The lowest BCUT2D eigenvalue weighted by Gasteiger charge is -2.35. The van der Waals surface area contributed by atoms with E-state index >= 15 is 0 Å². The quantitative estimate of drug-likeness (QED) is 0.840. The number of carbonyl (C=O) groups is 1. The lowest BCUT2D eigenvalue weighted by Crippen LogP contribution is -2.50. The van der Waals surface area contributed by atoms with Crippen LogP contribution >= 0.6 is 11.3 Å². The van der Waals surface area contributed by atoms with Gasteiger partial charge < -0.3 is 10.0 Å². The van der Waals surface area contributed by atoms with Gasteiger partial charge in [0.15, 0.2) is 0 Å². The van der Waals surface area contributed by atoms with Crippen molar-refractivity contribution in [2.45, 2.75) is 19.6 Å². The first-order valence-electron chi connectivity index (χ1n) is 7.42. The van der Waals surface area contributed by atoms with Gasteiger partial charge in [-0.25, -0.2) is 0 Å². The highest BCUT2D eigenvalue weighted by molar-refractivity contribution is 7.07. The molecule has 2 heterocycles. The maximum absolute atomic E-state index is 12.2. The number of thiophene rings is 1. The lowest BCUT2D eigenvalue weighted by molar-refractivity contribution is -0.132. The zero-order valence-corrected chi connectivity index (χ0v) is 13.7. The topological polar surface area (TPSA) is 47.0 Å². The van der Waals surface area contributed by atoms with E-state index in [-0.39, 0.29) is 12.0 Å². The minimum Gasteiger partial charge on any atom is -0.392 e. The van der Waals surface area contributed by atoms with Crippen molar-refractivity contribution in [3.8, 4) is 0 Å². The van der Waals surface area contributed by atoms with Gasteiger partial charge in [-0.05, 0) is 29.3 Å². The Bertz CT molecular complexity index is 428. The number of aliphatic hydroxyl groups is 1. The molecule has 0 saturated carbocycles. The van der Waals surface area contributed by atoms with Crippen LogP contribution < -0.4 is 0 Å². The first-order valence-corrected chi connectivity index (χ1v) is 8.36. The fraction of sp³-hybridized carbons (Fsp3) is 0.667. The number of nitrogens with zero attached hydrogens (tertiary/aromatic N) is 3. The molecule has 0 aromatic carbocycles. The predicted molar refractivity (Wildman–Crippen MR) is 85.4 cm³/mol. The summed E-state index contributed by atoms with van der Waals surface area (Å²) in [7, 11) is 1.86. The SMILES string of the molecule is CC(O)CN1CCN(CC(=O)N(C)Cc2ccsc2)CC1. The maximum Gasteiger partial charge on any atom is 0.236 e. The molecule has 0 spiro atoms. The van der Waals surface area contributed by atoms with Gasteiger partial charge in [-0.2, -0.15) is 11.3 Å². The van der Waals surface area contributed by atoms with Crippen LogP contribution in [0.2, 0.25) is 0 Å². The highest BCUT2D eigenvalue weighted by Gasteiger charge is 2.21. The van der Waals surface area contributed by atoms with Crippen molar-refractivity contribution in [1.82, 2.24) is 14.7 Å². The van der Waals surface area contributed by atoms with E-state index in [9.17, 15) is 9.90 Å². The minimum absolute atomic E-state index is 0.171. The largest absolute Gasteiger partial charge is 0.392 e. The molecule has 1 amide bonds. The third-order valence-electron chi connectivity index (χ3n) is 3.77. The summed E-state index contributed by atoms with van der Waals surface area (Å²) in [6.45, 7) is 7.34. The molecule has 1 N–H and O–H groups in total. The monoisotopic (exact) mass is 311 g/mol. The summed E-state index contributed by atoms with van der Waals surface area (Å²) in [4.78, 5) is 18.5. The Balaban J connectivity index is 1.71. The Kier molecular flexibility index (Phi) is 6.17. The van der Waals surface area contributed by atoms with Gasteiger partial charge in [0.25, 0.3) is 0 Å². The van der Waals surface area contributed by atoms with E-state index in [1.807, 2.05) is 19.4 Å². The number of carbonyl (C=O) groups excluding carboxylic acids is 1. The highest BCUT2D eigenvalue weighted by atomic mass is 32.1. The van der Waals surface area contributed by atoms with Gasteiger partial charge in [-0.3, -0.25) is 14.6 Å². The Morgan fingerprint density at radius 1 is 1.38 bits per heavy atom. The van der Waals surface area contributed by atoms with Crippen molar-refractivity contribution in [1.29, 1.82) is 0 Å². The highest BCUT2D eigenvalue weighted by Crippen LogP contribution is 2.09. The van der Waals surface area contributed by atoms with Gasteiger partial charge in [0.2, 0.25) is 5.91 Å². The molecule has 0 bridgehead atoms. The minimum atomic E-state index is -0.282. The predicted octanol–water partition coefficient (Wildman–Crippen LogP) is 0.705. The molecule has 1 aromatic rings. The van der Waals surface area contributed by atoms with Gasteiger partial charge in [0, 0.05) is 46.3 Å². The zero-order valence-electron chi connectivity index (χ0n) is 12.9. The van der Waals surface area contributed by atoms with Crippen molar-refractivity contribution in [3.05, 3.63) is 22.4 Å². The Morgan fingerprint density at radius 3 is 2.62 bits per heavy atom. The standard InChI is InChI=1S/C15H25N3O2S/c1-13(19)9-17-4-6-18(7-5-17)11-15(20)16(2)10-14-3-8-21-12-14/h3,8,12-13,19H,4-7,9-11H2,1-2H3. The number of likely N-dealkylation sites (N-methyl/N-ethyl adjacent to an activating group) is 1. The maximum atomic E-state index is 12.2. The van der Waals surface area contributed by atoms with Crippen LogP contribution in [0.25, 0.3) is 0 Å². The van der Waals surface area contributed by atoms with Crippen LogP contribution in [0.3, 0.4) is 0 Å². The first-order chi connectivity index (χ1) is 10.0. The third kappa shape index (κ3) is 5.39. The fourth-order valence-corrected chi connectivity index (χ4v) is 3.22. The molecule has 2 rings (SSSR count). The number of hydrogen-bond donors (Lipinski definition) is 1. The lowest BCUT2D eigenvalue weighted by atomic mass is 10.2. The molecule has 1 fully saturated rings. The summed E-state index contributed by atoms with van der Waals surface area (Å²) in [5.41, 5.74) is 1.19. The third-order valence-corrected chi connectivity index (χ3v) is 4.50. The molecular weight excluding hydrogens is 286 g/mol. The normalized spacial score (nSPS) is 18.6. The summed E-state index contributed by atoms with van der Waals surface area (Å²) >= 11 is 1.66. The van der Waals surface area contributed by atoms with Gasteiger partial charge in [0.1, 0.15) is 0 Å². The molecule has 0 radical (unpaired) electrons. The summed E-state index contributed by atoms with van der Waals surface area (Å²) in [5.74, 6) is 0.171. The van der Waals surface area contributed by atoms with Crippen molar-refractivity contribution in [3.63, 3.8) is 0 Å². The molecule has 21 heavy (non-hydrogen) atoms. The van der Waals surface area contributed by atoms with Crippen LogP contribution in [-0.4, -0.2) is 78.1 Å². The Labute approximate surface area is 130 Å². The van der Waals surface area contributed by atoms with E-state index in [2.05, 4.69) is 21.2 Å². The molecule has 118 valence electrons. The van der Waals surface area contributed by atoms with Crippen LogP contribution in [-0.2, 0) is 11.3 Å². The second-order valence-corrected chi connectivity index (χ2v) is 6.59. The van der Waals surface area contributed by atoms with E-state index in [4.69, 9.17) is 0 Å². The fourth-order valence-electron chi connectivity index (χ4n) is 2.56. The van der Waals surface area contributed by atoms with Crippen LogP contribution in [0, 0.1) is 0 Å². The number of β-amino-alcohol motifs (C(OH)–C–C–N with tert-alkyl or cyclic N) is 1. The molecular formula is C15H25N3O2S. The summed E-state index contributed by atoms with van der Waals surface area (Å²) in [6, 6.07) is 2.06. The number of amides is 1. The molecule has 1 aliphatic heterocycles. The molecule has 1 aromatic heterocycles. The van der Waals surface area contributed by atoms with Crippen LogP contribution in [0.5, 0.6) is 0 Å². The van der Waals surface area contributed by atoms with Crippen molar-refractivity contribution in [2.24, 2.45) is 0 Å². The van der Waals surface area contributed by atoms with Crippen molar-refractivity contribution < 1.29 is 9.90 Å². The molecule has 5 nitrogen and oxygen atoms in total. The van der Waals surface area contributed by atoms with Crippen LogP contribution in [0.4, 0.5) is 0 Å². The molecule has 6 heteroatoms. The van der Waals surface area contributed by atoms with Crippen molar-refractivity contribution in [2.75, 3.05) is 46.3 Å². The second kappa shape index (κ2) is 7.89. The summed E-state index contributed by atoms with van der Waals surface area (Å²) in [5, 5.41) is 13.5. The number of rotatable bonds is 6. The summed E-state index contributed by atoms with van der Waals surface area (Å²) < 4.78 is 0. The summed E-state index contributed by atoms with van der Waals surface area (Å²) in [6.07, 6.45) is -0.282. The van der Waals surface area contributed by atoms with E-state index < -0.39 is 0 Å². The number of aliphatic hydroxyl groups excluding tert-OH is 1. The number of hydrogen-bond acceptors (Lipinski definition) is 5. The van der Waals surface area contributed by atoms with Gasteiger partial charge >= 0.3 is 0 Å². The molecule has 1 atom stereocenters. The average molecular weight is 311 g/mol. The molecule has 1 saturated heterocycles. The number of piperazine rings is 1. The van der Waals surface area contributed by atoms with Crippen LogP contribution in [0.1, 0.15) is 12.5 Å². The molecule has 1 unspecified atom stereocenters. The van der Waals surface area contributed by atoms with Gasteiger partial charge in [0.05, 0.1) is 12.6 Å². The van der Waals surface area contributed by atoms with Gasteiger partial charge in [-0.15, -0.1) is 0 Å². The van der Waals surface area contributed by atoms with E-state index in [1.165, 1.54) is 5.56 Å². The molecule has 0 aliphatic carbocycles. The molecule has 1 aliphatic rings. The van der Waals surface area contributed by atoms with Gasteiger partial charge in [-0.1, -0.05) is 0 Å². The van der Waals surface area contributed by atoms with E-state index in [0.717, 1.165) is 32.7 Å². The van der Waals surface area contributed by atoms with E-state index in [1.54, 1.807) is 16.2 Å². The average Bonchev–Trinajstić information content (AvgIpc) is 2.93. The second-order valence-electron chi connectivity index (χ2n) is 5.81. The zero-order chi connectivity index (χ0) is 15.2. The van der Waals surface area contributed by atoms with E-state index in [0.29, 0.717) is 13.1 Å². The van der Waals surface area contributed by atoms with Crippen molar-refractivity contribution >= 4 is 17.2 Å². The Hall–Kier alpha value is -0.950. The smallest absolute Gasteiger partial charge is 0.236 e.